The first-order valence-electron chi connectivity index (χ1n) is 5.72. The maximum Gasteiger partial charge on any atom is 0.326 e. The summed E-state index contributed by atoms with van der Waals surface area (Å²) in [5.74, 6) is -1.34. The number of sulfone groups is 1. The van der Waals surface area contributed by atoms with Crippen molar-refractivity contribution in [2.24, 2.45) is 5.41 Å². The average molecular weight is 290 g/mol. The summed E-state index contributed by atoms with van der Waals surface area (Å²) in [6.07, 6.45) is 1.36. The van der Waals surface area contributed by atoms with Gasteiger partial charge in [0.25, 0.3) is 0 Å². The summed E-state index contributed by atoms with van der Waals surface area (Å²) in [6, 6.07) is -2.39. The number of carboxylic acids is 1. The molecular weight excluding hydrogens is 272 g/mol. The minimum atomic E-state index is -3.25. The molecule has 108 valence electrons. The Morgan fingerprint density at radius 3 is 2.32 bits per heavy atom. The second kappa shape index (κ2) is 5.20. The number of hydrogen-bond acceptors (Lipinski definition) is 4. The van der Waals surface area contributed by atoms with Crippen LogP contribution in [0.25, 0.3) is 0 Å². The van der Waals surface area contributed by atoms with Crippen molar-refractivity contribution >= 4 is 21.8 Å². The standard InChI is InChI=1S/C11H18N2O5S/c1-11(2,3)8(9(14)15)13-10(16)12-7-4-5-19(17,18)6-7/h4-5,7-8H,6H2,1-3H3,(H,14,15)(H2,12,13,16)/t7?,8-/m0/s1. The number of carboxylic acid groups (broad SMARTS) is 1. The third kappa shape index (κ3) is 4.55. The van der Waals surface area contributed by atoms with Crippen LogP contribution in [0.1, 0.15) is 20.8 Å². The lowest BCUT2D eigenvalue weighted by Gasteiger charge is -2.28. The number of hydrogen-bond donors (Lipinski definition) is 3. The number of urea groups is 1. The molecule has 0 fully saturated rings. The molecule has 0 saturated carbocycles. The van der Waals surface area contributed by atoms with E-state index in [-0.39, 0.29) is 5.75 Å². The molecule has 0 spiro atoms. The van der Waals surface area contributed by atoms with Gasteiger partial charge in [-0.05, 0) is 11.5 Å². The molecule has 1 rings (SSSR count). The number of carbonyl (C=O) groups is 2. The van der Waals surface area contributed by atoms with Crippen molar-refractivity contribution in [2.75, 3.05) is 5.75 Å². The van der Waals surface area contributed by atoms with E-state index in [1.54, 1.807) is 20.8 Å². The zero-order chi connectivity index (χ0) is 14.8. The smallest absolute Gasteiger partial charge is 0.326 e. The van der Waals surface area contributed by atoms with Crippen molar-refractivity contribution in [2.45, 2.75) is 32.9 Å². The number of rotatable bonds is 3. The minimum absolute atomic E-state index is 0.201. The fourth-order valence-electron chi connectivity index (χ4n) is 1.66. The molecule has 7 nitrogen and oxygen atoms in total. The van der Waals surface area contributed by atoms with Gasteiger partial charge in [0.2, 0.25) is 0 Å². The molecule has 1 aliphatic heterocycles. The average Bonchev–Trinajstić information content (AvgIpc) is 2.52. The van der Waals surface area contributed by atoms with E-state index < -0.39 is 39.3 Å². The molecule has 2 atom stereocenters. The van der Waals surface area contributed by atoms with Crippen LogP contribution in [0, 0.1) is 5.41 Å². The van der Waals surface area contributed by atoms with Gasteiger partial charge in [-0.15, -0.1) is 0 Å². The van der Waals surface area contributed by atoms with Gasteiger partial charge in [-0.1, -0.05) is 20.8 Å². The van der Waals surface area contributed by atoms with Crippen molar-refractivity contribution in [3.63, 3.8) is 0 Å². The van der Waals surface area contributed by atoms with Crippen LogP contribution in [0.2, 0.25) is 0 Å². The Bertz CT molecular complexity index is 504. The first kappa shape index (κ1) is 15.5. The lowest BCUT2D eigenvalue weighted by atomic mass is 9.87. The lowest BCUT2D eigenvalue weighted by molar-refractivity contribution is -0.141. The summed E-state index contributed by atoms with van der Waals surface area (Å²) < 4.78 is 22.3. The van der Waals surface area contributed by atoms with Crippen molar-refractivity contribution < 1.29 is 23.1 Å². The molecular formula is C11H18N2O5S. The van der Waals surface area contributed by atoms with Gasteiger partial charge in [-0.25, -0.2) is 18.0 Å². The van der Waals surface area contributed by atoms with E-state index in [1.807, 2.05) is 0 Å². The topological polar surface area (TPSA) is 113 Å². The Hall–Kier alpha value is -1.57. The molecule has 0 bridgehead atoms. The Morgan fingerprint density at radius 2 is 1.95 bits per heavy atom. The predicted octanol–water partition coefficient (Wildman–Crippen LogP) is 0.0956. The summed E-state index contributed by atoms with van der Waals surface area (Å²) in [7, 11) is -3.25. The molecule has 0 radical (unpaired) electrons. The Morgan fingerprint density at radius 1 is 1.37 bits per heavy atom. The van der Waals surface area contributed by atoms with Gasteiger partial charge in [0.05, 0.1) is 11.8 Å². The lowest BCUT2D eigenvalue weighted by Crippen LogP contribution is -2.54. The number of amides is 2. The summed E-state index contributed by atoms with van der Waals surface area (Å²) in [6.45, 7) is 5.06. The first-order chi connectivity index (χ1) is 8.51. The maximum absolute atomic E-state index is 11.7. The van der Waals surface area contributed by atoms with Gasteiger partial charge in [0.1, 0.15) is 6.04 Å². The summed E-state index contributed by atoms with van der Waals surface area (Å²) in [4.78, 5) is 22.7. The molecule has 1 unspecified atom stereocenters. The van der Waals surface area contributed by atoms with Gasteiger partial charge in [-0.3, -0.25) is 0 Å². The minimum Gasteiger partial charge on any atom is -0.480 e. The second-order valence-electron chi connectivity index (χ2n) is 5.52. The quantitative estimate of drug-likeness (QED) is 0.682. The van der Waals surface area contributed by atoms with Crippen LogP contribution in [0.5, 0.6) is 0 Å². The molecule has 0 aromatic rings. The number of nitrogens with one attached hydrogen (secondary N) is 2. The molecule has 3 N–H and O–H groups in total. The van der Waals surface area contributed by atoms with Crippen molar-refractivity contribution in [3.05, 3.63) is 11.5 Å². The monoisotopic (exact) mass is 290 g/mol. The summed E-state index contributed by atoms with van der Waals surface area (Å²) >= 11 is 0. The van der Waals surface area contributed by atoms with E-state index in [0.717, 1.165) is 5.41 Å². The highest BCUT2D eigenvalue weighted by atomic mass is 32.2. The molecule has 1 aliphatic rings. The van der Waals surface area contributed by atoms with Gasteiger partial charge in [0.15, 0.2) is 9.84 Å². The van der Waals surface area contributed by atoms with Crippen LogP contribution in [-0.4, -0.2) is 43.4 Å². The summed E-state index contributed by atoms with van der Waals surface area (Å²) in [5, 5.41) is 14.8. The largest absolute Gasteiger partial charge is 0.480 e. The van der Waals surface area contributed by atoms with Gasteiger partial charge in [-0.2, -0.15) is 0 Å². The number of carbonyl (C=O) groups excluding carboxylic acids is 1. The predicted molar refractivity (Wildman–Crippen MR) is 69.3 cm³/mol. The van der Waals surface area contributed by atoms with Gasteiger partial charge < -0.3 is 15.7 Å². The Kier molecular flexibility index (Phi) is 4.24. The van der Waals surface area contributed by atoms with Crippen molar-refractivity contribution in [1.82, 2.24) is 10.6 Å². The molecule has 8 heteroatoms. The normalized spacial score (nSPS) is 22.8. The van der Waals surface area contributed by atoms with Crippen LogP contribution < -0.4 is 10.6 Å². The highest BCUT2D eigenvalue weighted by Crippen LogP contribution is 2.19. The molecule has 1 heterocycles. The highest BCUT2D eigenvalue weighted by molar-refractivity contribution is 7.94. The second-order valence-corrected chi connectivity index (χ2v) is 7.45. The van der Waals surface area contributed by atoms with E-state index in [0.29, 0.717) is 0 Å². The van der Waals surface area contributed by atoms with Gasteiger partial charge in [0, 0.05) is 5.41 Å². The van der Waals surface area contributed by atoms with Crippen LogP contribution in [0.4, 0.5) is 4.79 Å². The third-order valence-corrected chi connectivity index (χ3v) is 4.03. The van der Waals surface area contributed by atoms with E-state index in [9.17, 15) is 18.0 Å². The molecule has 0 saturated heterocycles. The van der Waals surface area contributed by atoms with Crippen LogP contribution >= 0.6 is 0 Å². The van der Waals surface area contributed by atoms with Crippen molar-refractivity contribution in [1.29, 1.82) is 0 Å². The van der Waals surface area contributed by atoms with Crippen molar-refractivity contribution in [3.8, 4) is 0 Å². The van der Waals surface area contributed by atoms with E-state index >= 15 is 0 Å². The zero-order valence-electron chi connectivity index (χ0n) is 11.0. The molecule has 0 aliphatic carbocycles. The fraction of sp³-hybridized carbons (Fsp3) is 0.636. The van der Waals surface area contributed by atoms with E-state index in [2.05, 4.69) is 10.6 Å². The zero-order valence-corrected chi connectivity index (χ0v) is 11.8. The maximum atomic E-state index is 11.7. The highest BCUT2D eigenvalue weighted by Gasteiger charge is 2.33. The van der Waals surface area contributed by atoms with Crippen LogP contribution in [0.15, 0.2) is 11.5 Å². The molecule has 19 heavy (non-hydrogen) atoms. The third-order valence-electron chi connectivity index (χ3n) is 2.63. The number of aliphatic carboxylic acids is 1. The summed E-state index contributed by atoms with van der Waals surface area (Å²) in [5.41, 5.74) is -0.652. The Labute approximate surface area is 112 Å². The van der Waals surface area contributed by atoms with Crippen LogP contribution in [-0.2, 0) is 14.6 Å². The SMILES string of the molecule is CC(C)(C)[C@@H](NC(=O)NC1C=CS(=O)(=O)C1)C(=O)O. The van der Waals surface area contributed by atoms with E-state index in [4.69, 9.17) is 5.11 Å². The first-order valence-corrected chi connectivity index (χ1v) is 7.43. The van der Waals surface area contributed by atoms with E-state index in [1.165, 1.54) is 6.08 Å². The molecule has 2 amide bonds. The Balaban J connectivity index is 2.61. The molecule has 0 aromatic heterocycles. The fourth-order valence-corrected chi connectivity index (χ4v) is 2.89. The van der Waals surface area contributed by atoms with Crippen LogP contribution in [0.3, 0.4) is 0 Å². The van der Waals surface area contributed by atoms with Gasteiger partial charge >= 0.3 is 12.0 Å². The molecule has 0 aromatic carbocycles.